The van der Waals surface area contributed by atoms with Crippen LogP contribution in [-0.4, -0.2) is 69.3 Å². The average molecular weight is 215 g/mol. The summed E-state index contributed by atoms with van der Waals surface area (Å²) in [6.07, 6.45) is 2.11. The number of hydrogen-bond acceptors (Lipinski definition) is 4. The Bertz CT molecular complexity index is 177. The highest BCUT2D eigenvalue weighted by Gasteiger charge is 2.26. The van der Waals surface area contributed by atoms with E-state index < -0.39 is 0 Å². The van der Waals surface area contributed by atoms with Gasteiger partial charge in [-0.1, -0.05) is 0 Å². The first-order valence-electron chi connectivity index (χ1n) is 5.78. The van der Waals surface area contributed by atoms with Crippen molar-refractivity contribution in [3.8, 4) is 0 Å². The van der Waals surface area contributed by atoms with Crippen molar-refractivity contribution in [2.75, 3.05) is 47.4 Å². The maximum Gasteiger partial charge on any atom is 0.0462 e. The molecule has 4 heteroatoms. The lowest BCUT2D eigenvalue weighted by atomic mass is 10.0. The van der Waals surface area contributed by atoms with E-state index in [1.807, 2.05) is 0 Å². The summed E-state index contributed by atoms with van der Waals surface area (Å²) in [5.41, 5.74) is 6.22. The molecule has 0 aliphatic carbocycles. The number of hydrogen-bond donors (Lipinski definition) is 1. The fourth-order valence-corrected chi connectivity index (χ4v) is 2.16. The van der Waals surface area contributed by atoms with Gasteiger partial charge in [0.25, 0.3) is 0 Å². The molecule has 1 heterocycles. The van der Waals surface area contributed by atoms with Crippen molar-refractivity contribution in [2.24, 2.45) is 5.73 Å². The lowest BCUT2D eigenvalue weighted by molar-refractivity contribution is 0.0917. The number of nitrogens with zero attached hydrogens (tertiary/aromatic N) is 2. The first kappa shape index (κ1) is 12.9. The number of piperazine rings is 1. The highest BCUT2D eigenvalue weighted by Crippen LogP contribution is 2.12. The van der Waals surface area contributed by atoms with Crippen LogP contribution in [0.2, 0.25) is 0 Å². The van der Waals surface area contributed by atoms with Gasteiger partial charge in [-0.05, 0) is 26.9 Å². The molecule has 1 fully saturated rings. The molecule has 4 nitrogen and oxygen atoms in total. The Morgan fingerprint density at radius 1 is 1.40 bits per heavy atom. The third-order valence-electron chi connectivity index (χ3n) is 3.28. The molecule has 2 unspecified atom stereocenters. The van der Waals surface area contributed by atoms with Gasteiger partial charge in [0.1, 0.15) is 0 Å². The molecule has 2 atom stereocenters. The second-order valence-electron chi connectivity index (χ2n) is 4.61. The lowest BCUT2D eigenvalue weighted by Crippen LogP contribution is -2.57. The standard InChI is InChI=1S/C11H25N3O/c1-13-6-7-14(2)11(9-13)10(12)5-4-8-15-3/h10-11H,4-9,12H2,1-3H3. The van der Waals surface area contributed by atoms with Crippen LogP contribution in [0, 0.1) is 0 Å². The second kappa shape index (κ2) is 6.43. The predicted molar refractivity (Wildman–Crippen MR) is 63.0 cm³/mol. The summed E-state index contributed by atoms with van der Waals surface area (Å²) >= 11 is 0. The predicted octanol–water partition coefficient (Wildman–Crippen LogP) is -0.0139. The van der Waals surface area contributed by atoms with Crippen molar-refractivity contribution < 1.29 is 4.74 Å². The number of rotatable bonds is 5. The quantitative estimate of drug-likeness (QED) is 0.655. The van der Waals surface area contributed by atoms with Gasteiger partial charge in [0.05, 0.1) is 0 Å². The molecular weight excluding hydrogens is 190 g/mol. The molecule has 1 aliphatic rings. The molecule has 90 valence electrons. The summed E-state index contributed by atoms with van der Waals surface area (Å²) in [4.78, 5) is 4.75. The lowest BCUT2D eigenvalue weighted by Gasteiger charge is -2.40. The van der Waals surface area contributed by atoms with Gasteiger partial charge in [-0.15, -0.1) is 0 Å². The molecule has 1 rings (SSSR count). The van der Waals surface area contributed by atoms with Crippen molar-refractivity contribution >= 4 is 0 Å². The van der Waals surface area contributed by atoms with Gasteiger partial charge in [0.2, 0.25) is 0 Å². The molecule has 15 heavy (non-hydrogen) atoms. The maximum absolute atomic E-state index is 6.22. The van der Waals surface area contributed by atoms with E-state index in [0.717, 1.165) is 39.1 Å². The molecule has 2 N–H and O–H groups in total. The number of nitrogens with two attached hydrogens (primary N) is 1. The van der Waals surface area contributed by atoms with Gasteiger partial charge in [0.15, 0.2) is 0 Å². The van der Waals surface area contributed by atoms with Crippen molar-refractivity contribution in [2.45, 2.75) is 24.9 Å². The van der Waals surface area contributed by atoms with Crippen molar-refractivity contribution in [3.63, 3.8) is 0 Å². The molecule has 0 amide bonds. The van der Waals surface area contributed by atoms with Crippen LogP contribution in [0.25, 0.3) is 0 Å². The van der Waals surface area contributed by atoms with E-state index in [9.17, 15) is 0 Å². The minimum Gasteiger partial charge on any atom is -0.385 e. The third kappa shape index (κ3) is 4.07. The molecule has 0 aromatic heterocycles. The zero-order chi connectivity index (χ0) is 11.3. The molecule has 1 aliphatic heterocycles. The SMILES string of the molecule is COCCCC(N)C1CN(C)CCN1C. The van der Waals surface area contributed by atoms with Gasteiger partial charge < -0.3 is 15.4 Å². The van der Waals surface area contributed by atoms with Gasteiger partial charge in [-0.25, -0.2) is 0 Å². The van der Waals surface area contributed by atoms with E-state index in [1.165, 1.54) is 0 Å². The summed E-state index contributed by atoms with van der Waals surface area (Å²) in [7, 11) is 6.09. The molecule has 0 aromatic carbocycles. The molecule has 0 saturated carbocycles. The van der Waals surface area contributed by atoms with E-state index in [0.29, 0.717) is 6.04 Å². The normalized spacial score (nSPS) is 26.8. The maximum atomic E-state index is 6.22. The van der Waals surface area contributed by atoms with E-state index in [4.69, 9.17) is 10.5 Å². The molecule has 0 bridgehead atoms. The highest BCUT2D eigenvalue weighted by molar-refractivity contribution is 4.86. The van der Waals surface area contributed by atoms with Crippen LogP contribution in [0.3, 0.4) is 0 Å². The van der Waals surface area contributed by atoms with Crippen LogP contribution in [0.1, 0.15) is 12.8 Å². The Morgan fingerprint density at radius 3 is 2.80 bits per heavy atom. The van der Waals surface area contributed by atoms with Gasteiger partial charge in [-0.2, -0.15) is 0 Å². The van der Waals surface area contributed by atoms with E-state index >= 15 is 0 Å². The Kier molecular flexibility index (Phi) is 5.53. The summed E-state index contributed by atoms with van der Waals surface area (Å²) in [5.74, 6) is 0. The van der Waals surface area contributed by atoms with E-state index in [1.54, 1.807) is 7.11 Å². The largest absolute Gasteiger partial charge is 0.385 e. The molecular formula is C11H25N3O. The van der Waals surface area contributed by atoms with Crippen LogP contribution in [0.5, 0.6) is 0 Å². The van der Waals surface area contributed by atoms with Crippen LogP contribution in [0.4, 0.5) is 0 Å². The Labute approximate surface area is 93.4 Å². The first-order valence-corrected chi connectivity index (χ1v) is 5.78. The number of likely N-dealkylation sites (N-methyl/N-ethyl adjacent to an activating group) is 2. The average Bonchev–Trinajstić information content (AvgIpc) is 2.22. The van der Waals surface area contributed by atoms with Gasteiger partial charge in [0, 0.05) is 45.4 Å². The fraction of sp³-hybridized carbons (Fsp3) is 1.00. The number of ether oxygens (including phenoxy) is 1. The molecule has 0 radical (unpaired) electrons. The van der Waals surface area contributed by atoms with Gasteiger partial charge >= 0.3 is 0 Å². The Hall–Kier alpha value is -0.160. The Balaban J connectivity index is 2.32. The molecule has 0 spiro atoms. The number of methoxy groups -OCH3 is 1. The zero-order valence-electron chi connectivity index (χ0n) is 10.3. The van der Waals surface area contributed by atoms with E-state index in [-0.39, 0.29) is 6.04 Å². The first-order chi connectivity index (χ1) is 7.15. The van der Waals surface area contributed by atoms with Crippen LogP contribution >= 0.6 is 0 Å². The second-order valence-corrected chi connectivity index (χ2v) is 4.61. The van der Waals surface area contributed by atoms with Crippen molar-refractivity contribution in [1.82, 2.24) is 9.80 Å². The highest BCUT2D eigenvalue weighted by atomic mass is 16.5. The zero-order valence-corrected chi connectivity index (χ0v) is 10.3. The summed E-state index contributed by atoms with van der Waals surface area (Å²) in [6.45, 7) is 4.18. The summed E-state index contributed by atoms with van der Waals surface area (Å²) in [5, 5.41) is 0. The van der Waals surface area contributed by atoms with Crippen LogP contribution in [0.15, 0.2) is 0 Å². The molecule has 1 saturated heterocycles. The van der Waals surface area contributed by atoms with Crippen LogP contribution in [-0.2, 0) is 4.74 Å². The smallest absolute Gasteiger partial charge is 0.0462 e. The third-order valence-corrected chi connectivity index (χ3v) is 3.28. The summed E-state index contributed by atoms with van der Waals surface area (Å²) < 4.78 is 5.05. The van der Waals surface area contributed by atoms with Crippen LogP contribution < -0.4 is 5.73 Å². The van der Waals surface area contributed by atoms with Crippen molar-refractivity contribution in [3.05, 3.63) is 0 Å². The minimum atomic E-state index is 0.271. The fourth-order valence-electron chi connectivity index (χ4n) is 2.16. The Morgan fingerprint density at radius 2 is 2.13 bits per heavy atom. The van der Waals surface area contributed by atoms with Gasteiger partial charge in [-0.3, -0.25) is 4.90 Å². The monoisotopic (exact) mass is 215 g/mol. The molecule has 0 aromatic rings. The van der Waals surface area contributed by atoms with E-state index in [2.05, 4.69) is 23.9 Å². The minimum absolute atomic E-state index is 0.271. The topological polar surface area (TPSA) is 41.7 Å². The summed E-state index contributed by atoms with van der Waals surface area (Å²) in [6, 6.07) is 0.772. The van der Waals surface area contributed by atoms with Crippen molar-refractivity contribution in [1.29, 1.82) is 0 Å².